The van der Waals surface area contributed by atoms with Gasteiger partial charge in [-0.15, -0.1) is 10.2 Å². The number of hydrogen-bond donors (Lipinski definition) is 1. The van der Waals surface area contributed by atoms with Crippen LogP contribution in [0.25, 0.3) is 11.6 Å². The van der Waals surface area contributed by atoms with Gasteiger partial charge >= 0.3 is 0 Å². The Bertz CT molecular complexity index is 896. The van der Waals surface area contributed by atoms with Crippen LogP contribution in [-0.4, -0.2) is 38.0 Å². The molecule has 1 amide bonds. The first-order valence-corrected chi connectivity index (χ1v) is 8.74. The summed E-state index contributed by atoms with van der Waals surface area (Å²) in [7, 11) is 1.67. The second-order valence-electron chi connectivity index (χ2n) is 5.74. The summed E-state index contributed by atoms with van der Waals surface area (Å²) in [5.41, 5.74) is 0.722. The largest absolute Gasteiger partial charge is 0.461 e. The summed E-state index contributed by atoms with van der Waals surface area (Å²) in [6, 6.07) is 9.63. The molecule has 26 heavy (non-hydrogen) atoms. The number of amides is 1. The number of nitrogen functional groups attached to an aromatic ring is 1. The summed E-state index contributed by atoms with van der Waals surface area (Å²) in [4.78, 5) is 14.1. The maximum absolute atomic E-state index is 13.3. The molecule has 0 spiro atoms. The van der Waals surface area contributed by atoms with Gasteiger partial charge in [0, 0.05) is 13.6 Å². The second kappa shape index (κ2) is 7.61. The van der Waals surface area contributed by atoms with Crippen molar-refractivity contribution < 1.29 is 13.6 Å². The number of carbonyl (C=O) groups is 1. The van der Waals surface area contributed by atoms with Crippen LogP contribution in [0.5, 0.6) is 0 Å². The van der Waals surface area contributed by atoms with E-state index in [0.717, 1.165) is 5.56 Å². The van der Waals surface area contributed by atoms with E-state index in [0.29, 0.717) is 23.3 Å². The van der Waals surface area contributed by atoms with Gasteiger partial charge in [-0.25, -0.2) is 9.07 Å². The Hall–Kier alpha value is -2.81. The summed E-state index contributed by atoms with van der Waals surface area (Å²) < 4.78 is 19.8. The van der Waals surface area contributed by atoms with Crippen molar-refractivity contribution in [2.24, 2.45) is 0 Å². The predicted octanol–water partition coefficient (Wildman–Crippen LogP) is 2.53. The Kier molecular flexibility index (Phi) is 5.27. The van der Waals surface area contributed by atoms with E-state index in [4.69, 9.17) is 10.3 Å². The number of thioether (sulfide) groups is 1. The minimum Gasteiger partial charge on any atom is -0.461 e. The lowest BCUT2D eigenvalue weighted by Crippen LogP contribution is -2.33. The van der Waals surface area contributed by atoms with Crippen molar-refractivity contribution in [1.29, 1.82) is 0 Å². The van der Waals surface area contributed by atoms with Crippen molar-refractivity contribution in [3.8, 4) is 11.6 Å². The van der Waals surface area contributed by atoms with Gasteiger partial charge in [0.2, 0.25) is 16.9 Å². The number of nitrogens with two attached hydrogens (primary N) is 1. The molecule has 0 fully saturated rings. The Balaban J connectivity index is 1.66. The highest BCUT2D eigenvalue weighted by Crippen LogP contribution is 2.26. The molecule has 1 aromatic carbocycles. The average molecular weight is 375 g/mol. The van der Waals surface area contributed by atoms with Crippen molar-refractivity contribution in [2.75, 3.05) is 12.9 Å². The number of benzene rings is 1. The van der Waals surface area contributed by atoms with Crippen molar-refractivity contribution in [1.82, 2.24) is 19.8 Å². The standard InChI is InChI=1S/C17H18FN5O2S/c1-11(16(24)22(2)10-12-5-3-6-13(18)9-12)26-17-21-20-15(23(17)19)14-7-4-8-25-14/h3-9,11H,10,19H2,1-2H3/t11-/m0/s1. The third kappa shape index (κ3) is 3.88. The van der Waals surface area contributed by atoms with E-state index in [1.165, 1.54) is 39.7 Å². The molecule has 136 valence electrons. The van der Waals surface area contributed by atoms with E-state index in [2.05, 4.69) is 10.2 Å². The summed E-state index contributed by atoms with van der Waals surface area (Å²) >= 11 is 1.20. The molecule has 2 N–H and O–H groups in total. The van der Waals surface area contributed by atoms with Crippen LogP contribution in [-0.2, 0) is 11.3 Å². The fourth-order valence-corrected chi connectivity index (χ4v) is 3.32. The Morgan fingerprint density at radius 1 is 1.38 bits per heavy atom. The maximum Gasteiger partial charge on any atom is 0.235 e. The predicted molar refractivity (Wildman–Crippen MR) is 96.1 cm³/mol. The first-order valence-electron chi connectivity index (χ1n) is 7.86. The van der Waals surface area contributed by atoms with Gasteiger partial charge in [-0.3, -0.25) is 4.79 Å². The molecule has 3 aromatic rings. The number of nitrogens with zero attached hydrogens (tertiary/aromatic N) is 4. The average Bonchev–Trinajstić information content (AvgIpc) is 3.24. The topological polar surface area (TPSA) is 90.2 Å². The van der Waals surface area contributed by atoms with Gasteiger partial charge in [-0.1, -0.05) is 23.9 Å². The molecule has 0 aliphatic heterocycles. The first-order chi connectivity index (χ1) is 12.5. The molecular weight excluding hydrogens is 357 g/mol. The molecule has 9 heteroatoms. The Morgan fingerprint density at radius 3 is 2.88 bits per heavy atom. The molecule has 0 saturated heterocycles. The van der Waals surface area contributed by atoms with Crippen molar-refractivity contribution in [3.05, 3.63) is 54.0 Å². The molecule has 0 saturated carbocycles. The second-order valence-corrected chi connectivity index (χ2v) is 7.05. The van der Waals surface area contributed by atoms with Crippen LogP contribution < -0.4 is 5.84 Å². The van der Waals surface area contributed by atoms with Crippen LogP contribution in [0, 0.1) is 5.82 Å². The summed E-state index contributed by atoms with van der Waals surface area (Å²) in [5, 5.41) is 7.98. The zero-order valence-electron chi connectivity index (χ0n) is 14.3. The summed E-state index contributed by atoms with van der Waals surface area (Å²) in [6.45, 7) is 2.07. The monoisotopic (exact) mass is 375 g/mol. The van der Waals surface area contributed by atoms with Gasteiger partial charge in [0.1, 0.15) is 5.82 Å². The highest BCUT2D eigenvalue weighted by molar-refractivity contribution is 8.00. The Morgan fingerprint density at radius 2 is 2.19 bits per heavy atom. The molecule has 0 bridgehead atoms. The van der Waals surface area contributed by atoms with Crippen LogP contribution in [0.15, 0.2) is 52.2 Å². The minimum atomic E-state index is -0.440. The van der Waals surface area contributed by atoms with E-state index in [-0.39, 0.29) is 11.7 Å². The van der Waals surface area contributed by atoms with Crippen LogP contribution >= 0.6 is 11.8 Å². The smallest absolute Gasteiger partial charge is 0.235 e. The van der Waals surface area contributed by atoms with E-state index in [1.807, 2.05) is 0 Å². The zero-order valence-corrected chi connectivity index (χ0v) is 15.1. The van der Waals surface area contributed by atoms with E-state index in [1.54, 1.807) is 38.2 Å². The molecule has 2 aromatic heterocycles. The molecule has 0 aliphatic rings. The van der Waals surface area contributed by atoms with Gasteiger partial charge < -0.3 is 15.2 Å². The fourth-order valence-electron chi connectivity index (χ4n) is 2.44. The SMILES string of the molecule is C[C@H](Sc1nnc(-c2ccco2)n1N)C(=O)N(C)Cc1cccc(F)c1. The number of carbonyl (C=O) groups excluding carboxylic acids is 1. The summed E-state index contributed by atoms with van der Waals surface area (Å²) in [5.74, 6) is 6.43. The fraction of sp³-hybridized carbons (Fsp3) is 0.235. The van der Waals surface area contributed by atoms with Crippen LogP contribution in [0.1, 0.15) is 12.5 Å². The zero-order chi connectivity index (χ0) is 18.7. The quantitative estimate of drug-likeness (QED) is 0.526. The molecule has 0 aliphatic carbocycles. The van der Waals surface area contributed by atoms with Gasteiger partial charge in [0.05, 0.1) is 11.5 Å². The minimum absolute atomic E-state index is 0.123. The van der Waals surface area contributed by atoms with Gasteiger partial charge in [-0.2, -0.15) is 0 Å². The van der Waals surface area contributed by atoms with Crippen LogP contribution in [0.2, 0.25) is 0 Å². The number of hydrogen-bond acceptors (Lipinski definition) is 6. The lowest BCUT2D eigenvalue weighted by Gasteiger charge is -2.21. The highest BCUT2D eigenvalue weighted by Gasteiger charge is 2.23. The molecule has 0 unspecified atom stereocenters. The van der Waals surface area contributed by atoms with E-state index < -0.39 is 5.25 Å². The maximum atomic E-state index is 13.3. The van der Waals surface area contributed by atoms with Gasteiger partial charge in [-0.05, 0) is 36.8 Å². The number of rotatable bonds is 6. The van der Waals surface area contributed by atoms with Crippen LogP contribution in [0.4, 0.5) is 4.39 Å². The molecule has 3 rings (SSSR count). The Labute approximate surface area is 154 Å². The van der Waals surface area contributed by atoms with Crippen molar-refractivity contribution in [2.45, 2.75) is 23.9 Å². The van der Waals surface area contributed by atoms with Crippen molar-refractivity contribution in [3.63, 3.8) is 0 Å². The number of halogens is 1. The van der Waals surface area contributed by atoms with Crippen molar-refractivity contribution >= 4 is 17.7 Å². The summed E-state index contributed by atoms with van der Waals surface area (Å²) in [6.07, 6.45) is 1.52. The number of furan rings is 1. The molecule has 0 radical (unpaired) electrons. The molecule has 2 heterocycles. The van der Waals surface area contributed by atoms with Gasteiger partial charge in [0.15, 0.2) is 5.76 Å². The third-order valence-corrected chi connectivity index (χ3v) is 4.77. The normalized spacial score (nSPS) is 12.1. The highest BCUT2D eigenvalue weighted by atomic mass is 32.2. The first kappa shape index (κ1) is 18.0. The lowest BCUT2D eigenvalue weighted by molar-refractivity contribution is -0.129. The van der Waals surface area contributed by atoms with E-state index in [9.17, 15) is 9.18 Å². The molecule has 7 nitrogen and oxygen atoms in total. The lowest BCUT2D eigenvalue weighted by atomic mass is 10.2. The van der Waals surface area contributed by atoms with Crippen LogP contribution in [0.3, 0.4) is 0 Å². The van der Waals surface area contributed by atoms with E-state index >= 15 is 0 Å². The molecular formula is C17H18FN5O2S. The van der Waals surface area contributed by atoms with Gasteiger partial charge in [0.25, 0.3) is 0 Å². The third-order valence-electron chi connectivity index (χ3n) is 3.72. The number of aromatic nitrogens is 3. The molecule has 1 atom stereocenters.